The second-order valence-corrected chi connectivity index (χ2v) is 4.59. The Balaban J connectivity index is 2.26. The Kier molecular flexibility index (Phi) is 4.30. The Morgan fingerprint density at radius 3 is 2.65 bits per heavy atom. The summed E-state index contributed by atoms with van der Waals surface area (Å²) in [5.41, 5.74) is 2.61. The monoisotopic (exact) mass is 273 g/mol. The standard InChI is InChI=1S/C15H19N3O2/c1-18(2)12-8-9-16-15(20-3)14(12)17-10-11-6-4-5-7-13(11)19/h4-9,17,19H,10H2,1-3H3. The second-order valence-electron chi connectivity index (χ2n) is 4.59. The minimum atomic E-state index is 0.272. The van der Waals surface area contributed by atoms with Gasteiger partial charge in [-0.05, 0) is 12.1 Å². The lowest BCUT2D eigenvalue weighted by Gasteiger charge is -2.20. The van der Waals surface area contributed by atoms with Crippen LogP contribution in [0.25, 0.3) is 0 Å². The zero-order chi connectivity index (χ0) is 14.5. The van der Waals surface area contributed by atoms with E-state index in [1.807, 2.05) is 37.2 Å². The zero-order valence-corrected chi connectivity index (χ0v) is 11.9. The second kappa shape index (κ2) is 6.14. The SMILES string of the molecule is COc1nccc(N(C)C)c1NCc1ccccc1O. The molecule has 2 rings (SSSR count). The molecule has 0 radical (unpaired) electrons. The molecule has 0 fully saturated rings. The highest BCUT2D eigenvalue weighted by atomic mass is 16.5. The normalized spacial score (nSPS) is 10.2. The van der Waals surface area contributed by atoms with Crippen molar-refractivity contribution < 1.29 is 9.84 Å². The molecular formula is C15H19N3O2. The molecule has 0 aliphatic rings. The molecule has 20 heavy (non-hydrogen) atoms. The Morgan fingerprint density at radius 1 is 1.25 bits per heavy atom. The van der Waals surface area contributed by atoms with Gasteiger partial charge in [-0.3, -0.25) is 0 Å². The number of hydrogen-bond donors (Lipinski definition) is 2. The number of nitrogens with zero attached hydrogens (tertiary/aromatic N) is 2. The van der Waals surface area contributed by atoms with Gasteiger partial charge in [0.1, 0.15) is 11.4 Å². The van der Waals surface area contributed by atoms with Crippen molar-refractivity contribution in [1.29, 1.82) is 0 Å². The number of benzene rings is 1. The maximum Gasteiger partial charge on any atom is 0.239 e. The summed E-state index contributed by atoms with van der Waals surface area (Å²) in [6, 6.07) is 9.15. The van der Waals surface area contributed by atoms with Gasteiger partial charge in [-0.25, -0.2) is 4.98 Å². The van der Waals surface area contributed by atoms with Crippen LogP contribution in [0.1, 0.15) is 5.56 Å². The van der Waals surface area contributed by atoms with Crippen LogP contribution in [0.3, 0.4) is 0 Å². The van der Waals surface area contributed by atoms with Crippen molar-refractivity contribution in [2.45, 2.75) is 6.54 Å². The number of hydrogen-bond acceptors (Lipinski definition) is 5. The molecule has 2 aromatic rings. The molecule has 1 heterocycles. The average molecular weight is 273 g/mol. The fourth-order valence-electron chi connectivity index (χ4n) is 1.97. The van der Waals surface area contributed by atoms with Crippen molar-refractivity contribution in [3.8, 4) is 11.6 Å². The van der Waals surface area contributed by atoms with Crippen LogP contribution in [-0.4, -0.2) is 31.3 Å². The van der Waals surface area contributed by atoms with Crippen LogP contribution >= 0.6 is 0 Å². The van der Waals surface area contributed by atoms with Crippen molar-refractivity contribution in [1.82, 2.24) is 4.98 Å². The largest absolute Gasteiger partial charge is 0.508 e. The van der Waals surface area contributed by atoms with E-state index in [-0.39, 0.29) is 5.75 Å². The molecule has 5 nitrogen and oxygen atoms in total. The van der Waals surface area contributed by atoms with Gasteiger partial charge >= 0.3 is 0 Å². The lowest BCUT2D eigenvalue weighted by molar-refractivity contribution is 0.399. The van der Waals surface area contributed by atoms with Crippen LogP contribution < -0.4 is 15.0 Å². The average Bonchev–Trinajstić information content (AvgIpc) is 2.46. The summed E-state index contributed by atoms with van der Waals surface area (Å²) in [7, 11) is 5.51. The van der Waals surface area contributed by atoms with E-state index in [1.165, 1.54) is 0 Å². The van der Waals surface area contributed by atoms with Gasteiger partial charge < -0.3 is 20.1 Å². The van der Waals surface area contributed by atoms with Crippen molar-refractivity contribution in [2.75, 3.05) is 31.4 Å². The molecule has 0 aliphatic carbocycles. The first-order valence-corrected chi connectivity index (χ1v) is 6.34. The summed E-state index contributed by atoms with van der Waals surface area (Å²) < 4.78 is 5.29. The number of phenolic OH excluding ortho intramolecular Hbond substituents is 1. The van der Waals surface area contributed by atoms with Gasteiger partial charge in [-0.1, -0.05) is 18.2 Å². The molecule has 106 valence electrons. The summed E-state index contributed by atoms with van der Waals surface area (Å²) in [6.45, 7) is 0.496. The van der Waals surface area contributed by atoms with E-state index in [2.05, 4.69) is 10.3 Å². The number of aromatic hydroxyl groups is 1. The van der Waals surface area contributed by atoms with Gasteiger partial charge in [-0.15, -0.1) is 0 Å². The fourth-order valence-corrected chi connectivity index (χ4v) is 1.97. The lowest BCUT2D eigenvalue weighted by atomic mass is 10.2. The molecule has 0 saturated heterocycles. The van der Waals surface area contributed by atoms with Crippen molar-refractivity contribution in [3.05, 3.63) is 42.1 Å². The zero-order valence-electron chi connectivity index (χ0n) is 11.9. The minimum absolute atomic E-state index is 0.272. The summed E-state index contributed by atoms with van der Waals surface area (Å²) >= 11 is 0. The van der Waals surface area contributed by atoms with Crippen molar-refractivity contribution >= 4 is 11.4 Å². The number of aromatic nitrogens is 1. The summed E-state index contributed by atoms with van der Waals surface area (Å²) in [4.78, 5) is 6.18. The molecule has 1 aromatic carbocycles. The quantitative estimate of drug-likeness (QED) is 0.876. The van der Waals surface area contributed by atoms with E-state index >= 15 is 0 Å². The van der Waals surface area contributed by atoms with Crippen LogP contribution in [0.15, 0.2) is 36.5 Å². The molecule has 0 bridgehead atoms. The third-order valence-corrected chi connectivity index (χ3v) is 3.02. The highest BCUT2D eigenvalue weighted by Gasteiger charge is 2.12. The molecule has 5 heteroatoms. The maximum absolute atomic E-state index is 9.80. The third kappa shape index (κ3) is 2.93. The van der Waals surface area contributed by atoms with Crippen LogP contribution in [-0.2, 0) is 6.54 Å². The maximum atomic E-state index is 9.80. The van der Waals surface area contributed by atoms with E-state index in [0.717, 1.165) is 16.9 Å². The number of rotatable bonds is 5. The first kappa shape index (κ1) is 14.0. The highest BCUT2D eigenvalue weighted by Crippen LogP contribution is 2.32. The smallest absolute Gasteiger partial charge is 0.239 e. The number of methoxy groups -OCH3 is 1. The molecule has 1 aromatic heterocycles. The van der Waals surface area contributed by atoms with Gasteiger partial charge in [0.25, 0.3) is 0 Å². The van der Waals surface area contributed by atoms with Crippen LogP contribution in [0.5, 0.6) is 11.6 Å². The predicted octanol–water partition coefficient (Wildman–Crippen LogP) is 2.47. The molecule has 0 atom stereocenters. The van der Waals surface area contributed by atoms with E-state index in [4.69, 9.17) is 4.74 Å². The molecule has 0 spiro atoms. The number of anilines is 2. The lowest BCUT2D eigenvalue weighted by Crippen LogP contribution is -2.13. The van der Waals surface area contributed by atoms with Crippen molar-refractivity contribution in [2.24, 2.45) is 0 Å². The van der Waals surface area contributed by atoms with Crippen LogP contribution in [0, 0.1) is 0 Å². The first-order chi connectivity index (χ1) is 9.63. The molecular weight excluding hydrogens is 254 g/mol. The van der Waals surface area contributed by atoms with Gasteiger partial charge in [-0.2, -0.15) is 0 Å². The molecule has 0 unspecified atom stereocenters. The first-order valence-electron chi connectivity index (χ1n) is 6.34. The number of para-hydroxylation sites is 1. The van der Waals surface area contributed by atoms with Gasteiger partial charge in [0, 0.05) is 32.4 Å². The molecule has 2 N–H and O–H groups in total. The van der Waals surface area contributed by atoms with Crippen LogP contribution in [0.2, 0.25) is 0 Å². The Morgan fingerprint density at radius 2 is 2.00 bits per heavy atom. The van der Waals surface area contributed by atoms with Gasteiger partial charge in [0.05, 0.1) is 12.8 Å². The van der Waals surface area contributed by atoms with E-state index in [0.29, 0.717) is 12.4 Å². The Labute approximate surface area is 118 Å². The van der Waals surface area contributed by atoms with E-state index < -0.39 is 0 Å². The predicted molar refractivity (Wildman–Crippen MR) is 80.5 cm³/mol. The highest BCUT2D eigenvalue weighted by molar-refractivity contribution is 5.74. The van der Waals surface area contributed by atoms with Gasteiger partial charge in [0.2, 0.25) is 5.88 Å². The number of ether oxygens (including phenoxy) is 1. The molecule has 0 aliphatic heterocycles. The number of nitrogens with one attached hydrogen (secondary N) is 1. The molecule has 0 amide bonds. The van der Waals surface area contributed by atoms with E-state index in [1.54, 1.807) is 25.4 Å². The van der Waals surface area contributed by atoms with Crippen LogP contribution in [0.4, 0.5) is 11.4 Å². The Bertz CT molecular complexity index is 585. The third-order valence-electron chi connectivity index (χ3n) is 3.02. The topological polar surface area (TPSA) is 57.6 Å². The molecule has 0 saturated carbocycles. The van der Waals surface area contributed by atoms with E-state index in [9.17, 15) is 5.11 Å². The number of phenols is 1. The van der Waals surface area contributed by atoms with Crippen molar-refractivity contribution in [3.63, 3.8) is 0 Å². The minimum Gasteiger partial charge on any atom is -0.508 e. The van der Waals surface area contributed by atoms with Gasteiger partial charge in [0.15, 0.2) is 0 Å². The number of pyridine rings is 1. The summed E-state index contributed by atoms with van der Waals surface area (Å²) in [5, 5.41) is 13.1. The summed E-state index contributed by atoms with van der Waals surface area (Å²) in [5.74, 6) is 0.806. The summed E-state index contributed by atoms with van der Waals surface area (Å²) in [6.07, 6.45) is 1.71. The fraction of sp³-hybridized carbons (Fsp3) is 0.267. The Hall–Kier alpha value is -2.43.